The van der Waals surface area contributed by atoms with Crippen molar-refractivity contribution in [3.05, 3.63) is 41.4 Å². The Hall–Kier alpha value is -1.88. The molecule has 0 spiro atoms. The topological polar surface area (TPSA) is 59.9 Å². The van der Waals surface area contributed by atoms with Crippen LogP contribution in [0.25, 0.3) is 0 Å². The molecule has 0 aromatic carbocycles. The highest BCUT2D eigenvalue weighted by molar-refractivity contribution is 6.29. The van der Waals surface area contributed by atoms with Gasteiger partial charge < -0.3 is 10.1 Å². The molecule has 0 atom stereocenters. The first-order valence-corrected chi connectivity index (χ1v) is 6.35. The molecular formula is C13H15ClN4O. The molecule has 0 aliphatic carbocycles. The van der Waals surface area contributed by atoms with Crippen molar-refractivity contribution in [2.45, 2.75) is 26.5 Å². The molecule has 2 aromatic heterocycles. The molecule has 2 heterocycles. The number of aromatic nitrogens is 3. The van der Waals surface area contributed by atoms with Crippen LogP contribution in [0.3, 0.4) is 0 Å². The maximum Gasteiger partial charge on any atom is 0.218 e. The molecule has 0 radical (unpaired) electrons. The fraction of sp³-hybridized carbons (Fsp3) is 0.308. The second kappa shape index (κ2) is 6.33. The molecule has 0 unspecified atom stereocenters. The van der Waals surface area contributed by atoms with Gasteiger partial charge in [0, 0.05) is 24.4 Å². The first-order chi connectivity index (χ1) is 9.15. The van der Waals surface area contributed by atoms with Crippen LogP contribution in [0.15, 0.2) is 30.7 Å². The average Bonchev–Trinajstić information content (AvgIpc) is 2.37. The Bertz CT molecular complexity index is 548. The summed E-state index contributed by atoms with van der Waals surface area (Å²) in [6, 6.07) is 5.50. The molecule has 6 heteroatoms. The van der Waals surface area contributed by atoms with E-state index in [9.17, 15) is 0 Å². The highest BCUT2D eigenvalue weighted by atomic mass is 35.5. The van der Waals surface area contributed by atoms with Gasteiger partial charge in [-0.3, -0.25) is 0 Å². The van der Waals surface area contributed by atoms with E-state index in [4.69, 9.17) is 16.3 Å². The van der Waals surface area contributed by atoms with E-state index in [-0.39, 0.29) is 6.10 Å². The summed E-state index contributed by atoms with van der Waals surface area (Å²) in [6.07, 6.45) is 3.21. The first-order valence-electron chi connectivity index (χ1n) is 5.97. The molecule has 1 N–H and O–H groups in total. The zero-order chi connectivity index (χ0) is 13.7. The summed E-state index contributed by atoms with van der Waals surface area (Å²) < 4.78 is 5.65. The number of ether oxygens (including phenoxy) is 1. The molecule has 2 rings (SSSR count). The van der Waals surface area contributed by atoms with Crippen molar-refractivity contribution in [3.8, 4) is 5.88 Å². The van der Waals surface area contributed by atoms with E-state index < -0.39 is 0 Å². The number of anilines is 1. The van der Waals surface area contributed by atoms with Gasteiger partial charge in [-0.05, 0) is 19.9 Å². The van der Waals surface area contributed by atoms with Crippen molar-refractivity contribution in [2.75, 3.05) is 5.32 Å². The van der Waals surface area contributed by atoms with Crippen molar-refractivity contribution >= 4 is 17.4 Å². The molecule has 0 aliphatic rings. The molecular weight excluding hydrogens is 264 g/mol. The van der Waals surface area contributed by atoms with E-state index in [1.807, 2.05) is 26.0 Å². The number of nitrogens with zero attached hydrogens (tertiary/aromatic N) is 3. The third-order valence-corrected chi connectivity index (χ3v) is 2.50. The first kappa shape index (κ1) is 13.5. The molecule has 5 nitrogen and oxygen atoms in total. The average molecular weight is 279 g/mol. The van der Waals surface area contributed by atoms with Crippen LogP contribution in [0.5, 0.6) is 5.88 Å². The zero-order valence-electron chi connectivity index (χ0n) is 10.8. The number of nitrogens with one attached hydrogen (secondary N) is 1. The van der Waals surface area contributed by atoms with Gasteiger partial charge in [-0.15, -0.1) is 0 Å². The van der Waals surface area contributed by atoms with Crippen LogP contribution < -0.4 is 10.1 Å². The van der Waals surface area contributed by atoms with Gasteiger partial charge in [0.15, 0.2) is 0 Å². The minimum Gasteiger partial charge on any atom is -0.475 e. The van der Waals surface area contributed by atoms with E-state index in [1.54, 1.807) is 12.3 Å². The largest absolute Gasteiger partial charge is 0.475 e. The van der Waals surface area contributed by atoms with Crippen LogP contribution in [0, 0.1) is 0 Å². The minimum absolute atomic E-state index is 0.0853. The molecule has 19 heavy (non-hydrogen) atoms. The lowest BCUT2D eigenvalue weighted by atomic mass is 10.2. The third-order valence-electron chi connectivity index (χ3n) is 2.29. The lowest BCUT2D eigenvalue weighted by Gasteiger charge is -2.13. The highest BCUT2D eigenvalue weighted by Gasteiger charge is 2.06. The Morgan fingerprint density at radius 2 is 2.16 bits per heavy atom. The summed E-state index contributed by atoms with van der Waals surface area (Å²) in [7, 11) is 0. The fourth-order valence-electron chi connectivity index (χ4n) is 1.50. The van der Waals surface area contributed by atoms with Crippen molar-refractivity contribution in [1.82, 2.24) is 15.0 Å². The van der Waals surface area contributed by atoms with Crippen LogP contribution in [-0.4, -0.2) is 21.1 Å². The summed E-state index contributed by atoms with van der Waals surface area (Å²) in [5, 5.41) is 3.56. The van der Waals surface area contributed by atoms with Crippen molar-refractivity contribution in [2.24, 2.45) is 0 Å². The Labute approximate surface area is 117 Å². The van der Waals surface area contributed by atoms with Crippen LogP contribution >= 0.6 is 11.6 Å². The van der Waals surface area contributed by atoms with Crippen molar-refractivity contribution in [1.29, 1.82) is 0 Å². The Morgan fingerprint density at radius 3 is 2.89 bits per heavy atom. The van der Waals surface area contributed by atoms with E-state index in [1.165, 1.54) is 6.33 Å². The lowest BCUT2D eigenvalue weighted by molar-refractivity contribution is 0.230. The number of halogens is 1. The van der Waals surface area contributed by atoms with Gasteiger partial charge >= 0.3 is 0 Å². The lowest BCUT2D eigenvalue weighted by Crippen LogP contribution is -2.11. The summed E-state index contributed by atoms with van der Waals surface area (Å²) in [5.41, 5.74) is 0.964. The number of hydrogen-bond acceptors (Lipinski definition) is 5. The van der Waals surface area contributed by atoms with Gasteiger partial charge in [-0.2, -0.15) is 0 Å². The maximum atomic E-state index is 5.80. The Kier molecular flexibility index (Phi) is 4.52. The van der Waals surface area contributed by atoms with Crippen LogP contribution in [0.2, 0.25) is 5.15 Å². The normalized spacial score (nSPS) is 10.5. The van der Waals surface area contributed by atoms with E-state index in [0.29, 0.717) is 23.4 Å². The standard InChI is InChI=1S/C13H15ClN4O/c1-9(2)19-13-10(4-3-5-15-13)7-16-12-6-11(14)17-8-18-12/h3-6,8-9H,7H2,1-2H3,(H,16,17,18). The molecule has 0 saturated heterocycles. The predicted octanol–water partition coefficient (Wildman–Crippen LogP) is 2.92. The van der Waals surface area contributed by atoms with Crippen LogP contribution in [0.4, 0.5) is 5.82 Å². The second-order valence-corrected chi connectivity index (χ2v) is 4.60. The van der Waals surface area contributed by atoms with Crippen LogP contribution in [0.1, 0.15) is 19.4 Å². The molecule has 0 bridgehead atoms. The summed E-state index contributed by atoms with van der Waals surface area (Å²) >= 11 is 5.80. The SMILES string of the molecule is CC(C)Oc1ncccc1CNc1cc(Cl)ncn1. The van der Waals surface area contributed by atoms with E-state index in [2.05, 4.69) is 20.3 Å². The number of pyridine rings is 1. The minimum atomic E-state index is 0.0853. The Balaban J connectivity index is 2.07. The zero-order valence-corrected chi connectivity index (χ0v) is 11.6. The van der Waals surface area contributed by atoms with Gasteiger partial charge in [-0.1, -0.05) is 17.7 Å². The summed E-state index contributed by atoms with van der Waals surface area (Å²) in [5.74, 6) is 1.30. The number of hydrogen-bond donors (Lipinski definition) is 1. The van der Waals surface area contributed by atoms with Crippen molar-refractivity contribution < 1.29 is 4.74 Å². The van der Waals surface area contributed by atoms with E-state index in [0.717, 1.165) is 5.56 Å². The number of rotatable bonds is 5. The van der Waals surface area contributed by atoms with E-state index >= 15 is 0 Å². The van der Waals surface area contributed by atoms with Crippen molar-refractivity contribution in [3.63, 3.8) is 0 Å². The molecule has 2 aromatic rings. The highest BCUT2D eigenvalue weighted by Crippen LogP contribution is 2.17. The summed E-state index contributed by atoms with van der Waals surface area (Å²) in [6.45, 7) is 4.50. The maximum absolute atomic E-state index is 5.80. The summed E-state index contributed by atoms with van der Waals surface area (Å²) in [4.78, 5) is 12.1. The monoisotopic (exact) mass is 278 g/mol. The molecule has 0 aliphatic heterocycles. The Morgan fingerprint density at radius 1 is 1.32 bits per heavy atom. The quantitative estimate of drug-likeness (QED) is 0.852. The van der Waals surface area contributed by atoms with Crippen LogP contribution in [-0.2, 0) is 6.54 Å². The third kappa shape index (κ3) is 4.06. The fourth-order valence-corrected chi connectivity index (χ4v) is 1.65. The van der Waals surface area contributed by atoms with Gasteiger partial charge in [0.05, 0.1) is 6.10 Å². The van der Waals surface area contributed by atoms with Gasteiger partial charge in [0.25, 0.3) is 0 Å². The molecule has 0 saturated carbocycles. The van der Waals surface area contributed by atoms with Gasteiger partial charge in [0.2, 0.25) is 5.88 Å². The molecule has 0 fully saturated rings. The van der Waals surface area contributed by atoms with Gasteiger partial charge in [-0.25, -0.2) is 15.0 Å². The van der Waals surface area contributed by atoms with Gasteiger partial charge in [0.1, 0.15) is 17.3 Å². The molecule has 100 valence electrons. The molecule has 0 amide bonds. The smallest absolute Gasteiger partial charge is 0.218 e. The predicted molar refractivity (Wildman–Crippen MR) is 74.4 cm³/mol. The second-order valence-electron chi connectivity index (χ2n) is 4.21.